The van der Waals surface area contributed by atoms with Crippen LogP contribution < -0.4 is 0 Å². The van der Waals surface area contributed by atoms with E-state index in [0.29, 0.717) is 44.5 Å². The first-order chi connectivity index (χ1) is 23.4. The summed E-state index contributed by atoms with van der Waals surface area (Å²) in [5.74, 6) is -0.378. The van der Waals surface area contributed by atoms with Gasteiger partial charge in [-0.2, -0.15) is 0 Å². The minimum absolute atomic E-state index is 0.0968. The average Bonchev–Trinajstić information content (AvgIpc) is 3.90. The summed E-state index contributed by atoms with van der Waals surface area (Å²) in [5.41, 5.74) is 5.86. The van der Waals surface area contributed by atoms with Gasteiger partial charge in [-0.1, -0.05) is 67.8 Å². The molecule has 0 amide bonds. The van der Waals surface area contributed by atoms with Gasteiger partial charge in [0.2, 0.25) is 0 Å². The molecular weight excluding hydrogens is 633 g/mol. The Morgan fingerprint density at radius 2 is 1.10 bits per heavy atom. The molecule has 2 heterocycles. The molecule has 8 heteroatoms. The van der Waals surface area contributed by atoms with Gasteiger partial charge in [0.15, 0.2) is 11.6 Å². The zero-order chi connectivity index (χ0) is 33.2. The number of ketones is 2. The van der Waals surface area contributed by atoms with E-state index in [0.717, 1.165) is 51.6 Å². The van der Waals surface area contributed by atoms with E-state index < -0.39 is 0 Å². The van der Waals surface area contributed by atoms with Crippen molar-refractivity contribution in [2.45, 2.75) is 37.5 Å². The number of fused-ring (bicyclic) bond motifs is 7. The van der Waals surface area contributed by atoms with E-state index in [-0.39, 0.29) is 28.4 Å². The van der Waals surface area contributed by atoms with Crippen molar-refractivity contribution in [1.29, 1.82) is 10.5 Å². The molecule has 4 aliphatic carbocycles. The molecule has 0 N–H and O–H groups in total. The molecule has 48 heavy (non-hydrogen) atoms. The van der Waals surface area contributed by atoms with Crippen LogP contribution in [-0.4, -0.2) is 11.6 Å². The van der Waals surface area contributed by atoms with Crippen LogP contribution in [0, 0.1) is 35.8 Å². The van der Waals surface area contributed by atoms with Gasteiger partial charge in [0.1, 0.15) is 0 Å². The maximum Gasteiger partial charge on any atom is 0.270 e. The van der Waals surface area contributed by atoms with Crippen molar-refractivity contribution in [3.8, 4) is 21.9 Å². The number of nitrogens with zero attached hydrogens (tertiary/aromatic N) is 4. The molecule has 2 aromatic heterocycles. The number of Topliss-reactive ketones (excluding diaryl/α,β-unsaturated/α-hetero) is 2. The fourth-order valence-electron chi connectivity index (χ4n) is 7.80. The Morgan fingerprint density at radius 1 is 0.688 bits per heavy atom. The fourth-order valence-corrected chi connectivity index (χ4v) is 10.4. The molecule has 4 aliphatic rings. The van der Waals surface area contributed by atoms with Crippen molar-refractivity contribution in [2.75, 3.05) is 0 Å². The smallest absolute Gasteiger partial charge is 0.270 e. The molecule has 1 fully saturated rings. The Balaban J connectivity index is 1.28. The zero-order valence-corrected chi connectivity index (χ0v) is 27.0. The molecule has 2 aromatic carbocycles. The van der Waals surface area contributed by atoms with Crippen molar-refractivity contribution in [1.82, 2.24) is 0 Å². The third kappa shape index (κ3) is 4.11. The second kappa shape index (κ2) is 11.1. The molecule has 6 nitrogen and oxygen atoms in total. The Bertz CT molecular complexity index is 2270. The molecule has 0 saturated heterocycles. The molecule has 1 spiro atoms. The van der Waals surface area contributed by atoms with E-state index in [1.54, 1.807) is 59.1 Å². The Kier molecular flexibility index (Phi) is 6.83. The minimum atomic E-state index is -0.189. The number of carbonyl (C=O) groups excluding carboxylic acids is 2. The average molecular weight is 655 g/mol. The number of rotatable bonds is 2. The summed E-state index contributed by atoms with van der Waals surface area (Å²) in [6.45, 7) is 15.3. The number of allylic oxidation sites excluding steroid dienone is 6. The lowest BCUT2D eigenvalue weighted by atomic mass is 9.68. The molecule has 8 rings (SSSR count). The second-order valence-electron chi connectivity index (χ2n) is 12.2. The number of carbonyl (C=O) groups is 2. The fraction of sp³-hybridized carbons (Fsp3) is 0.150. The summed E-state index contributed by atoms with van der Waals surface area (Å²) in [5, 5.41) is 19.6. The lowest BCUT2D eigenvalue weighted by Gasteiger charge is -2.34. The quantitative estimate of drug-likeness (QED) is 0.122. The van der Waals surface area contributed by atoms with Crippen LogP contribution in [0.4, 0.5) is 0 Å². The van der Waals surface area contributed by atoms with Crippen LogP contribution >= 0.6 is 22.7 Å². The van der Waals surface area contributed by atoms with Gasteiger partial charge in [0.25, 0.3) is 11.4 Å². The van der Waals surface area contributed by atoms with E-state index in [1.807, 2.05) is 36.4 Å². The van der Waals surface area contributed by atoms with Crippen molar-refractivity contribution in [2.24, 2.45) is 0 Å². The van der Waals surface area contributed by atoms with E-state index in [1.165, 1.54) is 11.1 Å². The molecule has 0 radical (unpaired) electrons. The Labute approximate surface area is 285 Å². The lowest BCUT2D eigenvalue weighted by Crippen LogP contribution is -2.27. The monoisotopic (exact) mass is 654 g/mol. The first-order valence-electron chi connectivity index (χ1n) is 15.5. The van der Waals surface area contributed by atoms with Gasteiger partial charge in [0.05, 0.1) is 25.3 Å². The molecule has 0 bridgehead atoms. The van der Waals surface area contributed by atoms with Gasteiger partial charge < -0.3 is 0 Å². The molecule has 0 aliphatic heterocycles. The van der Waals surface area contributed by atoms with Crippen molar-refractivity contribution < 1.29 is 9.59 Å². The normalized spacial score (nSPS) is 20.4. The third-order valence-electron chi connectivity index (χ3n) is 9.84. The number of hydrogen-bond donors (Lipinski definition) is 0. The number of thiophene rings is 2. The predicted molar refractivity (Wildman–Crippen MR) is 187 cm³/mol. The van der Waals surface area contributed by atoms with E-state index in [2.05, 4.69) is 21.8 Å². The van der Waals surface area contributed by atoms with Gasteiger partial charge in [-0.3, -0.25) is 9.59 Å². The largest absolute Gasteiger partial charge is 0.289 e. The molecule has 4 aromatic rings. The minimum Gasteiger partial charge on any atom is -0.289 e. The molecule has 1 saturated carbocycles. The summed E-state index contributed by atoms with van der Waals surface area (Å²) in [4.78, 5) is 38.3. The third-order valence-corrected chi connectivity index (χ3v) is 12.2. The maximum absolute atomic E-state index is 13.6. The van der Waals surface area contributed by atoms with Crippen LogP contribution in [0.3, 0.4) is 0 Å². The standard InChI is InChI=1S/C40H22N4O2S2/c1-43-32(20-41)34-24-10-4-6-12-26(24)36(45)28(34)16-22-18-30-38(47-22)39-31(40(30)14-8-3-9-15-40)19-23(48-39)17-29-35(33(21-42)44-2)25-11-5-7-13-27(25)37(29)46/h4-7,10-13,16-19H,3,8-9,14-15H2/b28-16-,29-17-,34-32+,35-33?. The molecular formula is C40H22N4O2S2. The van der Waals surface area contributed by atoms with Crippen LogP contribution in [0.25, 0.3) is 42.7 Å². The van der Waals surface area contributed by atoms with Crippen LogP contribution in [0.1, 0.15) is 84.8 Å². The van der Waals surface area contributed by atoms with Crippen LogP contribution in [0.5, 0.6) is 0 Å². The van der Waals surface area contributed by atoms with E-state index >= 15 is 0 Å². The van der Waals surface area contributed by atoms with Gasteiger partial charge in [-0.15, -0.1) is 22.7 Å². The SMILES string of the molecule is [C-]#[N+]C(C#N)=C1/C(=C/c2cc3c(s2)-c2sc(/C=C4\C(=O)c5ccccc5\C4=C(\C#N)[N+]#[C-])cc2C32CCCCC2)C(=O)c2ccccc21. The van der Waals surface area contributed by atoms with E-state index in [4.69, 9.17) is 13.1 Å². The highest BCUT2D eigenvalue weighted by atomic mass is 32.1. The van der Waals surface area contributed by atoms with Gasteiger partial charge >= 0.3 is 0 Å². The summed E-state index contributed by atoms with van der Waals surface area (Å²) in [6.07, 6.45) is 9.01. The van der Waals surface area contributed by atoms with Crippen molar-refractivity contribution >= 4 is 57.5 Å². The summed E-state index contributed by atoms with van der Waals surface area (Å²) >= 11 is 3.21. The first-order valence-corrected chi connectivity index (χ1v) is 17.1. The molecule has 0 unspecified atom stereocenters. The van der Waals surface area contributed by atoms with Crippen LogP contribution in [0.15, 0.2) is 83.2 Å². The zero-order valence-electron chi connectivity index (χ0n) is 25.4. The number of benzene rings is 2. The van der Waals surface area contributed by atoms with Gasteiger partial charge in [-0.25, -0.2) is 20.2 Å². The number of hydrogen-bond acceptors (Lipinski definition) is 6. The van der Waals surface area contributed by atoms with Gasteiger partial charge in [-0.05, 0) is 59.4 Å². The van der Waals surface area contributed by atoms with E-state index in [9.17, 15) is 20.1 Å². The predicted octanol–water partition coefficient (Wildman–Crippen LogP) is 9.91. The topological polar surface area (TPSA) is 90.4 Å². The maximum atomic E-state index is 13.6. The van der Waals surface area contributed by atoms with Crippen LogP contribution in [-0.2, 0) is 5.41 Å². The highest BCUT2D eigenvalue weighted by Crippen LogP contribution is 2.61. The number of nitriles is 2. The summed E-state index contributed by atoms with van der Waals surface area (Å²) in [7, 11) is 0. The Hall–Kier alpha value is -5.90. The summed E-state index contributed by atoms with van der Waals surface area (Å²) < 4.78 is 0. The van der Waals surface area contributed by atoms with Crippen molar-refractivity contribution in [3.63, 3.8) is 0 Å². The van der Waals surface area contributed by atoms with Gasteiger partial charge in [0, 0.05) is 58.3 Å². The molecule has 226 valence electrons. The Morgan fingerprint density at radius 3 is 1.50 bits per heavy atom. The van der Waals surface area contributed by atoms with Crippen molar-refractivity contribution in [3.05, 3.63) is 149 Å². The van der Waals surface area contributed by atoms with Crippen LogP contribution in [0.2, 0.25) is 0 Å². The summed E-state index contributed by atoms with van der Waals surface area (Å²) in [6, 6.07) is 22.6. The molecule has 0 atom stereocenters. The highest BCUT2D eigenvalue weighted by Gasteiger charge is 2.46. The second-order valence-corrected chi connectivity index (χ2v) is 14.4. The lowest BCUT2D eigenvalue weighted by molar-refractivity contribution is 0.103. The highest BCUT2D eigenvalue weighted by molar-refractivity contribution is 7.23. The first kappa shape index (κ1) is 29.5.